The third kappa shape index (κ3) is 4.90. The predicted octanol–water partition coefficient (Wildman–Crippen LogP) is 3.92. The molecule has 4 rings (SSSR count). The lowest BCUT2D eigenvalue weighted by molar-refractivity contribution is -0.131. The van der Waals surface area contributed by atoms with Crippen LogP contribution < -0.4 is 14.4 Å². The van der Waals surface area contributed by atoms with Crippen molar-refractivity contribution in [3.8, 4) is 11.5 Å². The van der Waals surface area contributed by atoms with Crippen LogP contribution in [0.1, 0.15) is 18.9 Å². The average Bonchev–Trinajstić information content (AvgIpc) is 2.83. The Morgan fingerprint density at radius 1 is 1.00 bits per heavy atom. The Bertz CT molecular complexity index is 1050. The molecule has 2 aromatic carbocycles. The second kappa shape index (κ2) is 9.69. The number of hydrogen-bond acceptors (Lipinski definition) is 5. The molecule has 1 saturated heterocycles. The van der Waals surface area contributed by atoms with Crippen molar-refractivity contribution in [1.29, 1.82) is 0 Å². The van der Waals surface area contributed by atoms with Crippen LogP contribution in [-0.4, -0.2) is 55.7 Å². The van der Waals surface area contributed by atoms with Crippen LogP contribution in [0.25, 0.3) is 10.9 Å². The zero-order chi connectivity index (χ0) is 21.6. The van der Waals surface area contributed by atoms with Gasteiger partial charge in [-0.05, 0) is 49.2 Å². The summed E-state index contributed by atoms with van der Waals surface area (Å²) in [6.45, 7) is 5.58. The van der Waals surface area contributed by atoms with Crippen molar-refractivity contribution in [2.75, 3.05) is 44.8 Å². The number of aryl methyl sites for hydroxylation is 1. The Morgan fingerprint density at radius 3 is 2.58 bits per heavy atom. The standard InChI is InChI=1S/C25H29N3O3/c1-3-31-22-11-8-19(18-23(22)30-2)9-13-25(29)28-16-14-27(15-17-28)24-12-10-20-6-4-5-7-21(20)26-24/h4-8,10-12,18H,3,9,13-17H2,1-2H3. The largest absolute Gasteiger partial charge is 0.493 e. The summed E-state index contributed by atoms with van der Waals surface area (Å²) in [5.41, 5.74) is 2.08. The number of methoxy groups -OCH3 is 1. The van der Waals surface area contributed by atoms with E-state index in [4.69, 9.17) is 14.5 Å². The second-order valence-corrected chi connectivity index (χ2v) is 7.65. The van der Waals surface area contributed by atoms with Gasteiger partial charge in [0.2, 0.25) is 5.91 Å². The lowest BCUT2D eigenvalue weighted by atomic mass is 10.1. The van der Waals surface area contributed by atoms with E-state index in [0.717, 1.165) is 54.2 Å². The number of para-hydroxylation sites is 1. The third-order valence-electron chi connectivity index (χ3n) is 5.70. The van der Waals surface area contributed by atoms with Crippen LogP contribution in [-0.2, 0) is 11.2 Å². The van der Waals surface area contributed by atoms with Gasteiger partial charge in [0.25, 0.3) is 0 Å². The fraction of sp³-hybridized carbons (Fsp3) is 0.360. The van der Waals surface area contributed by atoms with Gasteiger partial charge in [-0.25, -0.2) is 4.98 Å². The van der Waals surface area contributed by atoms with Gasteiger partial charge >= 0.3 is 0 Å². The number of carbonyl (C=O) groups is 1. The molecule has 31 heavy (non-hydrogen) atoms. The van der Waals surface area contributed by atoms with E-state index in [1.54, 1.807) is 7.11 Å². The molecule has 0 spiro atoms. The Balaban J connectivity index is 1.31. The van der Waals surface area contributed by atoms with Gasteiger partial charge in [0.05, 0.1) is 19.2 Å². The molecule has 1 aromatic heterocycles. The summed E-state index contributed by atoms with van der Waals surface area (Å²) in [6, 6.07) is 18.2. The van der Waals surface area contributed by atoms with Crippen LogP contribution >= 0.6 is 0 Å². The van der Waals surface area contributed by atoms with Gasteiger partial charge < -0.3 is 19.3 Å². The Hall–Kier alpha value is -3.28. The molecule has 1 amide bonds. The zero-order valence-corrected chi connectivity index (χ0v) is 18.2. The first-order valence-electron chi connectivity index (χ1n) is 10.9. The number of piperazine rings is 1. The molecule has 2 heterocycles. The number of hydrogen-bond donors (Lipinski definition) is 0. The molecule has 6 heteroatoms. The number of anilines is 1. The van der Waals surface area contributed by atoms with Crippen molar-refractivity contribution in [1.82, 2.24) is 9.88 Å². The molecule has 0 radical (unpaired) electrons. The van der Waals surface area contributed by atoms with Crippen LogP contribution in [0.4, 0.5) is 5.82 Å². The van der Waals surface area contributed by atoms with Gasteiger partial charge in [0.1, 0.15) is 5.82 Å². The average molecular weight is 420 g/mol. The topological polar surface area (TPSA) is 54.9 Å². The highest BCUT2D eigenvalue weighted by Crippen LogP contribution is 2.28. The quantitative estimate of drug-likeness (QED) is 0.581. The van der Waals surface area contributed by atoms with Crippen molar-refractivity contribution < 1.29 is 14.3 Å². The molecule has 1 aliphatic heterocycles. The molecule has 0 atom stereocenters. The van der Waals surface area contributed by atoms with E-state index in [9.17, 15) is 4.79 Å². The van der Waals surface area contributed by atoms with E-state index in [0.29, 0.717) is 25.2 Å². The lowest BCUT2D eigenvalue weighted by Gasteiger charge is -2.35. The Morgan fingerprint density at radius 2 is 1.81 bits per heavy atom. The van der Waals surface area contributed by atoms with E-state index >= 15 is 0 Å². The van der Waals surface area contributed by atoms with Gasteiger partial charge in [0, 0.05) is 38.0 Å². The molecule has 0 saturated carbocycles. The van der Waals surface area contributed by atoms with Crippen molar-refractivity contribution in [2.24, 2.45) is 0 Å². The SMILES string of the molecule is CCOc1ccc(CCC(=O)N2CCN(c3ccc4ccccc4n3)CC2)cc1OC. The number of ether oxygens (including phenoxy) is 2. The first kappa shape index (κ1) is 21.0. The maximum Gasteiger partial charge on any atom is 0.223 e. The van der Waals surface area contributed by atoms with Gasteiger partial charge in [-0.1, -0.05) is 24.3 Å². The number of fused-ring (bicyclic) bond motifs is 1. The van der Waals surface area contributed by atoms with Gasteiger partial charge in [0.15, 0.2) is 11.5 Å². The number of amides is 1. The van der Waals surface area contributed by atoms with Crippen molar-refractivity contribution >= 4 is 22.6 Å². The number of pyridine rings is 1. The van der Waals surface area contributed by atoms with Crippen molar-refractivity contribution in [3.63, 3.8) is 0 Å². The molecule has 3 aromatic rings. The lowest BCUT2D eigenvalue weighted by Crippen LogP contribution is -2.49. The highest BCUT2D eigenvalue weighted by Gasteiger charge is 2.22. The molecule has 1 aliphatic rings. The molecule has 0 aliphatic carbocycles. The molecular weight excluding hydrogens is 390 g/mol. The molecular formula is C25H29N3O3. The fourth-order valence-corrected chi connectivity index (χ4v) is 3.97. The number of nitrogens with zero attached hydrogens (tertiary/aromatic N) is 3. The zero-order valence-electron chi connectivity index (χ0n) is 18.2. The van der Waals surface area contributed by atoms with E-state index in [-0.39, 0.29) is 5.91 Å². The van der Waals surface area contributed by atoms with Crippen LogP contribution in [0, 0.1) is 0 Å². The van der Waals surface area contributed by atoms with Crippen molar-refractivity contribution in [3.05, 3.63) is 60.2 Å². The Labute approximate surface area is 183 Å². The van der Waals surface area contributed by atoms with E-state index in [2.05, 4.69) is 23.1 Å². The highest BCUT2D eigenvalue weighted by atomic mass is 16.5. The number of rotatable bonds is 7. The predicted molar refractivity (Wildman–Crippen MR) is 123 cm³/mol. The number of benzene rings is 2. The summed E-state index contributed by atoms with van der Waals surface area (Å²) >= 11 is 0. The first-order valence-corrected chi connectivity index (χ1v) is 10.9. The molecule has 0 bridgehead atoms. The van der Waals surface area contributed by atoms with Gasteiger partial charge in [-0.15, -0.1) is 0 Å². The fourth-order valence-electron chi connectivity index (χ4n) is 3.97. The summed E-state index contributed by atoms with van der Waals surface area (Å²) < 4.78 is 11.0. The normalized spacial score (nSPS) is 14.0. The summed E-state index contributed by atoms with van der Waals surface area (Å²) in [7, 11) is 1.64. The molecule has 0 unspecified atom stereocenters. The van der Waals surface area contributed by atoms with Crippen LogP contribution in [0.2, 0.25) is 0 Å². The van der Waals surface area contributed by atoms with Crippen LogP contribution in [0.5, 0.6) is 11.5 Å². The molecule has 0 N–H and O–H groups in total. The summed E-state index contributed by atoms with van der Waals surface area (Å²) in [4.78, 5) is 21.7. The minimum absolute atomic E-state index is 0.193. The van der Waals surface area contributed by atoms with E-state index < -0.39 is 0 Å². The molecule has 162 valence electrons. The monoisotopic (exact) mass is 419 g/mol. The van der Waals surface area contributed by atoms with Gasteiger partial charge in [-0.2, -0.15) is 0 Å². The maximum atomic E-state index is 12.7. The third-order valence-corrected chi connectivity index (χ3v) is 5.70. The summed E-state index contributed by atoms with van der Waals surface area (Å²) in [5, 5.41) is 1.14. The van der Waals surface area contributed by atoms with Crippen LogP contribution in [0.3, 0.4) is 0 Å². The number of carbonyl (C=O) groups excluding carboxylic acids is 1. The minimum Gasteiger partial charge on any atom is -0.493 e. The summed E-state index contributed by atoms with van der Waals surface area (Å²) in [6.07, 6.45) is 1.18. The van der Waals surface area contributed by atoms with Gasteiger partial charge in [-0.3, -0.25) is 4.79 Å². The first-order chi connectivity index (χ1) is 15.2. The van der Waals surface area contributed by atoms with E-state index in [1.807, 2.05) is 48.2 Å². The Kier molecular flexibility index (Phi) is 6.55. The van der Waals surface area contributed by atoms with Crippen LogP contribution in [0.15, 0.2) is 54.6 Å². The molecule has 6 nitrogen and oxygen atoms in total. The summed E-state index contributed by atoms with van der Waals surface area (Å²) in [5.74, 6) is 2.62. The number of aromatic nitrogens is 1. The van der Waals surface area contributed by atoms with E-state index in [1.165, 1.54) is 0 Å². The van der Waals surface area contributed by atoms with Crippen molar-refractivity contribution in [2.45, 2.75) is 19.8 Å². The smallest absolute Gasteiger partial charge is 0.223 e. The maximum absolute atomic E-state index is 12.7. The highest BCUT2D eigenvalue weighted by molar-refractivity contribution is 5.80. The second-order valence-electron chi connectivity index (χ2n) is 7.65. The molecule has 1 fully saturated rings. The minimum atomic E-state index is 0.193.